The molecular weight excluding hydrogens is 494 g/mol. The fourth-order valence-electron chi connectivity index (χ4n) is 2.35. The molecule has 0 aliphatic heterocycles. The molecule has 124 valence electrons. The Morgan fingerprint density at radius 3 is 1.26 bits per heavy atom. The molecule has 0 bridgehead atoms. The Hall–Kier alpha value is -0.320. The van der Waals surface area contributed by atoms with Crippen molar-refractivity contribution < 1.29 is 26.3 Å². The van der Waals surface area contributed by atoms with Crippen molar-refractivity contribution in [2.45, 2.75) is 17.8 Å². The first-order valence-electron chi connectivity index (χ1n) is 5.86. The quantitative estimate of drug-likeness (QED) is 0.386. The molecule has 2 heterocycles. The van der Waals surface area contributed by atoms with Gasteiger partial charge in [0.25, 0.3) is 0 Å². The van der Waals surface area contributed by atoms with E-state index < -0.39 is 28.9 Å². The lowest BCUT2D eigenvalue weighted by Crippen LogP contribution is -2.48. The first kappa shape index (κ1) is 17.5. The van der Waals surface area contributed by atoms with Crippen molar-refractivity contribution in [1.29, 1.82) is 0 Å². The Kier molecular flexibility index (Phi) is 4.06. The molecule has 23 heavy (non-hydrogen) atoms. The fraction of sp³-hybridized carbons (Fsp3) is 0.231. The standard InChI is InChI=1S/C13H4Br2F6S2/c14-7-3-22-1-5(7)9-10(6-2-23-4-8(6)15)12(18,19)13(20,21)11(9,16)17/h1-4H. The van der Waals surface area contributed by atoms with E-state index in [2.05, 4.69) is 31.9 Å². The maximum Gasteiger partial charge on any atom is 0.380 e. The highest BCUT2D eigenvalue weighted by atomic mass is 79.9. The van der Waals surface area contributed by atoms with Gasteiger partial charge < -0.3 is 0 Å². The number of thiophene rings is 2. The van der Waals surface area contributed by atoms with Crippen LogP contribution >= 0.6 is 54.5 Å². The van der Waals surface area contributed by atoms with E-state index in [0.717, 1.165) is 33.4 Å². The molecule has 2 aromatic rings. The van der Waals surface area contributed by atoms with Gasteiger partial charge in [0.2, 0.25) is 0 Å². The van der Waals surface area contributed by atoms with Crippen LogP contribution in [-0.2, 0) is 0 Å². The van der Waals surface area contributed by atoms with E-state index in [1.165, 1.54) is 10.8 Å². The molecule has 10 heteroatoms. The lowest BCUT2D eigenvalue weighted by molar-refractivity contribution is -0.254. The Morgan fingerprint density at radius 2 is 1.00 bits per heavy atom. The molecule has 0 radical (unpaired) electrons. The van der Waals surface area contributed by atoms with E-state index in [0.29, 0.717) is 0 Å². The summed E-state index contributed by atoms with van der Waals surface area (Å²) in [5.74, 6) is -15.5. The van der Waals surface area contributed by atoms with Gasteiger partial charge in [0, 0.05) is 42.0 Å². The zero-order valence-corrected chi connectivity index (χ0v) is 15.5. The number of hydrogen-bond acceptors (Lipinski definition) is 2. The van der Waals surface area contributed by atoms with E-state index in [1.807, 2.05) is 0 Å². The van der Waals surface area contributed by atoms with E-state index >= 15 is 0 Å². The molecule has 0 amide bonds. The number of alkyl halides is 6. The van der Waals surface area contributed by atoms with Gasteiger partial charge in [-0.15, -0.1) is 0 Å². The van der Waals surface area contributed by atoms with Gasteiger partial charge in [-0.2, -0.15) is 49.0 Å². The predicted molar refractivity (Wildman–Crippen MR) is 85.7 cm³/mol. The third-order valence-corrected chi connectivity index (χ3v) is 6.84. The van der Waals surface area contributed by atoms with Crippen LogP contribution in [0.3, 0.4) is 0 Å². The maximum absolute atomic E-state index is 14.3. The first-order valence-corrected chi connectivity index (χ1v) is 9.33. The smallest absolute Gasteiger partial charge is 0.194 e. The van der Waals surface area contributed by atoms with Crippen LogP contribution in [0.2, 0.25) is 0 Å². The van der Waals surface area contributed by atoms with Gasteiger partial charge in [-0.05, 0) is 42.6 Å². The van der Waals surface area contributed by atoms with Crippen LogP contribution < -0.4 is 0 Å². The van der Waals surface area contributed by atoms with Gasteiger partial charge >= 0.3 is 17.8 Å². The van der Waals surface area contributed by atoms with Gasteiger partial charge in [0.05, 0.1) is 0 Å². The first-order chi connectivity index (χ1) is 10.5. The summed E-state index contributed by atoms with van der Waals surface area (Å²) in [5, 5.41) is 5.02. The van der Waals surface area contributed by atoms with Crippen LogP contribution in [0, 0.1) is 0 Å². The summed E-state index contributed by atoms with van der Waals surface area (Å²) in [5.41, 5.74) is -3.41. The van der Waals surface area contributed by atoms with Crippen LogP contribution in [-0.4, -0.2) is 17.8 Å². The third kappa shape index (κ3) is 2.21. The highest BCUT2D eigenvalue weighted by Crippen LogP contribution is 2.65. The van der Waals surface area contributed by atoms with Crippen molar-refractivity contribution in [1.82, 2.24) is 0 Å². The monoisotopic (exact) mass is 496 g/mol. The molecule has 0 nitrogen and oxygen atoms in total. The van der Waals surface area contributed by atoms with Crippen LogP contribution in [0.1, 0.15) is 11.1 Å². The zero-order valence-electron chi connectivity index (χ0n) is 10.6. The van der Waals surface area contributed by atoms with Gasteiger partial charge in [0.15, 0.2) is 0 Å². The Morgan fingerprint density at radius 1 is 0.652 bits per heavy atom. The summed E-state index contributed by atoms with van der Waals surface area (Å²) in [6.45, 7) is 0. The molecule has 0 fully saturated rings. The Bertz CT molecular complexity index is 741. The minimum absolute atomic E-state index is 0.0644. The fourth-order valence-corrected chi connectivity index (χ4v) is 5.32. The summed E-state index contributed by atoms with van der Waals surface area (Å²) in [6.07, 6.45) is 0. The molecular formula is C13H4Br2F6S2. The molecule has 2 aromatic heterocycles. The van der Waals surface area contributed by atoms with Gasteiger partial charge in [-0.1, -0.05) is 0 Å². The molecule has 3 rings (SSSR count). The van der Waals surface area contributed by atoms with Crippen molar-refractivity contribution in [3.05, 3.63) is 41.6 Å². The number of allylic oxidation sites excluding steroid dienone is 2. The van der Waals surface area contributed by atoms with Gasteiger partial charge in [-0.25, -0.2) is 0 Å². The highest BCUT2D eigenvalue weighted by Gasteiger charge is 2.80. The van der Waals surface area contributed by atoms with Crippen LogP contribution in [0.4, 0.5) is 26.3 Å². The lowest BCUT2D eigenvalue weighted by atomic mass is 9.98. The lowest BCUT2D eigenvalue weighted by Gasteiger charge is -2.25. The molecule has 0 saturated carbocycles. The largest absolute Gasteiger partial charge is 0.380 e. The molecule has 0 N–H and O–H groups in total. The molecule has 0 aromatic carbocycles. The summed E-state index contributed by atoms with van der Waals surface area (Å²) in [6, 6.07) is 0. The summed E-state index contributed by atoms with van der Waals surface area (Å²) < 4.78 is 85.0. The number of hydrogen-bond donors (Lipinski definition) is 0. The normalized spacial score (nSPS) is 21.9. The topological polar surface area (TPSA) is 0 Å². The number of halogens is 8. The van der Waals surface area contributed by atoms with E-state index in [4.69, 9.17) is 0 Å². The summed E-state index contributed by atoms with van der Waals surface area (Å²) in [4.78, 5) is 0. The Balaban J connectivity index is 2.44. The molecule has 0 unspecified atom stereocenters. The Labute approximate surface area is 151 Å². The van der Waals surface area contributed by atoms with E-state index in [1.54, 1.807) is 0 Å². The molecule has 1 aliphatic rings. The van der Waals surface area contributed by atoms with Crippen molar-refractivity contribution in [3.8, 4) is 0 Å². The average molecular weight is 498 g/mol. The van der Waals surface area contributed by atoms with Crippen LogP contribution in [0.15, 0.2) is 30.5 Å². The van der Waals surface area contributed by atoms with Gasteiger partial charge in [0.1, 0.15) is 0 Å². The van der Waals surface area contributed by atoms with Crippen molar-refractivity contribution >= 4 is 65.7 Å². The highest BCUT2D eigenvalue weighted by molar-refractivity contribution is 9.11. The minimum Gasteiger partial charge on any atom is -0.194 e. The van der Waals surface area contributed by atoms with Crippen molar-refractivity contribution in [2.24, 2.45) is 0 Å². The van der Waals surface area contributed by atoms with E-state index in [-0.39, 0.29) is 20.1 Å². The molecule has 0 atom stereocenters. The molecule has 0 spiro atoms. The van der Waals surface area contributed by atoms with Crippen LogP contribution in [0.25, 0.3) is 11.1 Å². The SMILES string of the molecule is FC1(F)C(c2cscc2Br)=C(c2cscc2Br)C(F)(F)C1(F)F. The van der Waals surface area contributed by atoms with E-state index in [9.17, 15) is 26.3 Å². The van der Waals surface area contributed by atoms with Gasteiger partial charge in [-0.3, -0.25) is 0 Å². The second kappa shape index (κ2) is 5.34. The molecule has 1 aliphatic carbocycles. The maximum atomic E-state index is 14.3. The summed E-state index contributed by atoms with van der Waals surface area (Å²) in [7, 11) is 0. The minimum atomic E-state index is -5.52. The third-order valence-electron chi connectivity index (χ3n) is 3.43. The second-order valence-electron chi connectivity index (χ2n) is 4.74. The summed E-state index contributed by atoms with van der Waals surface area (Å²) >= 11 is 7.80. The zero-order chi connectivity index (χ0) is 17.2. The number of rotatable bonds is 2. The van der Waals surface area contributed by atoms with Crippen LogP contribution in [0.5, 0.6) is 0 Å². The van der Waals surface area contributed by atoms with Crippen molar-refractivity contribution in [3.63, 3.8) is 0 Å². The molecule has 0 saturated heterocycles. The predicted octanol–water partition coefficient (Wildman–Crippen LogP) is 7.16. The average Bonchev–Trinajstić information content (AvgIpc) is 3.05. The van der Waals surface area contributed by atoms with Crippen molar-refractivity contribution in [2.75, 3.05) is 0 Å². The second-order valence-corrected chi connectivity index (χ2v) is 7.94.